The highest BCUT2D eigenvalue weighted by Crippen LogP contribution is 2.19. The molecule has 0 fully saturated rings. The summed E-state index contributed by atoms with van der Waals surface area (Å²) in [6.07, 6.45) is 2.09. The van der Waals surface area contributed by atoms with Gasteiger partial charge in [0.05, 0.1) is 11.6 Å². The van der Waals surface area contributed by atoms with Crippen LogP contribution >= 0.6 is 11.3 Å². The van der Waals surface area contributed by atoms with E-state index in [1.807, 2.05) is 18.2 Å². The van der Waals surface area contributed by atoms with Gasteiger partial charge in [-0.3, -0.25) is 0 Å². The van der Waals surface area contributed by atoms with E-state index in [1.54, 1.807) is 11.3 Å². The second kappa shape index (κ2) is 6.13. The fraction of sp³-hybridized carbons (Fsp3) is 0.235. The van der Waals surface area contributed by atoms with E-state index in [2.05, 4.69) is 52.7 Å². The maximum Gasteiger partial charge on any atom is 0.0991 e. The predicted molar refractivity (Wildman–Crippen MR) is 87.4 cm³/mol. The molecule has 0 saturated carbocycles. The molecule has 0 radical (unpaired) electrons. The minimum Gasteiger partial charge on any atom is -0.346 e. The molecule has 0 bridgehead atoms. The Hall–Kier alpha value is -2.09. The van der Waals surface area contributed by atoms with Crippen LogP contribution in [0.2, 0.25) is 0 Å². The first-order valence-electron chi connectivity index (χ1n) is 7.04. The third-order valence-corrected chi connectivity index (χ3v) is 4.73. The van der Waals surface area contributed by atoms with Crippen LogP contribution in [0.1, 0.15) is 23.4 Å². The maximum atomic E-state index is 8.93. The number of aromatic nitrogens is 1. The fourth-order valence-electron chi connectivity index (χ4n) is 2.50. The highest BCUT2D eigenvalue weighted by atomic mass is 32.1. The minimum absolute atomic E-state index is 0.386. The second-order valence-corrected chi connectivity index (χ2v) is 6.07. The first-order chi connectivity index (χ1) is 10.3. The Labute approximate surface area is 128 Å². The largest absolute Gasteiger partial charge is 0.346 e. The topological polar surface area (TPSA) is 40.8 Å². The van der Waals surface area contributed by atoms with Gasteiger partial charge in [-0.1, -0.05) is 6.07 Å². The van der Waals surface area contributed by atoms with Crippen LogP contribution in [0.3, 0.4) is 0 Å². The van der Waals surface area contributed by atoms with Crippen LogP contribution in [0.25, 0.3) is 10.9 Å². The lowest BCUT2D eigenvalue weighted by atomic mass is 10.2. The third kappa shape index (κ3) is 2.99. The molecule has 0 aliphatic rings. The SMILES string of the molecule is CC(NCCn1ccc2cc(C#N)ccc21)c1cccs1. The number of nitrogens with one attached hydrogen (secondary N) is 1. The van der Waals surface area contributed by atoms with Crippen molar-refractivity contribution in [1.29, 1.82) is 5.26 Å². The first-order valence-corrected chi connectivity index (χ1v) is 7.91. The van der Waals surface area contributed by atoms with Gasteiger partial charge in [0.25, 0.3) is 0 Å². The first kappa shape index (κ1) is 13.9. The lowest BCUT2D eigenvalue weighted by molar-refractivity contribution is 0.543. The zero-order valence-corrected chi connectivity index (χ0v) is 12.7. The van der Waals surface area contributed by atoms with Crippen LogP contribution < -0.4 is 5.32 Å². The van der Waals surface area contributed by atoms with Crippen molar-refractivity contribution in [2.75, 3.05) is 6.54 Å². The van der Waals surface area contributed by atoms with Crippen molar-refractivity contribution < 1.29 is 0 Å². The number of fused-ring (bicyclic) bond motifs is 1. The highest BCUT2D eigenvalue weighted by molar-refractivity contribution is 7.10. The molecule has 0 saturated heterocycles. The number of nitriles is 1. The van der Waals surface area contributed by atoms with Crippen molar-refractivity contribution >= 4 is 22.2 Å². The summed E-state index contributed by atoms with van der Waals surface area (Å²) < 4.78 is 2.23. The Morgan fingerprint density at radius 2 is 2.24 bits per heavy atom. The predicted octanol–water partition coefficient (Wildman–Crippen LogP) is 3.93. The van der Waals surface area contributed by atoms with Crippen LogP contribution in [0.4, 0.5) is 0 Å². The molecule has 0 aliphatic heterocycles. The van der Waals surface area contributed by atoms with Gasteiger partial charge in [-0.05, 0) is 42.6 Å². The summed E-state index contributed by atoms with van der Waals surface area (Å²) in [5.74, 6) is 0. The quantitative estimate of drug-likeness (QED) is 0.775. The smallest absolute Gasteiger partial charge is 0.0991 e. The normalized spacial score (nSPS) is 12.4. The van der Waals surface area contributed by atoms with Gasteiger partial charge in [-0.15, -0.1) is 11.3 Å². The molecular formula is C17H17N3S. The Bertz CT molecular complexity index is 765. The van der Waals surface area contributed by atoms with E-state index in [4.69, 9.17) is 5.26 Å². The Morgan fingerprint density at radius 3 is 3.00 bits per heavy atom. The van der Waals surface area contributed by atoms with Crippen LogP contribution in [-0.2, 0) is 6.54 Å². The van der Waals surface area contributed by atoms with E-state index in [1.165, 1.54) is 10.4 Å². The fourth-order valence-corrected chi connectivity index (χ4v) is 3.26. The zero-order chi connectivity index (χ0) is 14.7. The van der Waals surface area contributed by atoms with Crippen molar-refractivity contribution in [2.45, 2.75) is 19.5 Å². The number of nitrogens with zero attached hydrogens (tertiary/aromatic N) is 2. The number of thiophene rings is 1. The maximum absolute atomic E-state index is 8.93. The summed E-state index contributed by atoms with van der Waals surface area (Å²) in [6.45, 7) is 4.03. The van der Waals surface area contributed by atoms with Crippen LogP contribution in [0.5, 0.6) is 0 Å². The molecule has 1 N–H and O–H groups in total. The molecule has 1 aromatic carbocycles. The molecule has 1 unspecified atom stereocenters. The number of hydrogen-bond donors (Lipinski definition) is 1. The molecular weight excluding hydrogens is 278 g/mol. The van der Waals surface area contributed by atoms with E-state index >= 15 is 0 Å². The van der Waals surface area contributed by atoms with Crippen molar-refractivity contribution in [3.8, 4) is 6.07 Å². The van der Waals surface area contributed by atoms with Crippen LogP contribution in [-0.4, -0.2) is 11.1 Å². The molecule has 106 valence electrons. The second-order valence-electron chi connectivity index (χ2n) is 5.09. The Kier molecular flexibility index (Phi) is 4.05. The van der Waals surface area contributed by atoms with Gasteiger partial charge >= 0.3 is 0 Å². The van der Waals surface area contributed by atoms with Gasteiger partial charge in [0.2, 0.25) is 0 Å². The highest BCUT2D eigenvalue weighted by Gasteiger charge is 2.06. The monoisotopic (exact) mass is 295 g/mol. The van der Waals surface area contributed by atoms with Gasteiger partial charge in [-0.2, -0.15) is 5.26 Å². The zero-order valence-electron chi connectivity index (χ0n) is 11.9. The summed E-state index contributed by atoms with van der Waals surface area (Å²) in [4.78, 5) is 1.37. The Balaban J connectivity index is 1.65. The number of benzene rings is 1. The minimum atomic E-state index is 0.386. The molecule has 3 rings (SSSR count). The molecule has 4 heteroatoms. The van der Waals surface area contributed by atoms with Crippen molar-refractivity contribution in [3.63, 3.8) is 0 Å². The summed E-state index contributed by atoms with van der Waals surface area (Å²) in [6, 6.07) is 14.7. The van der Waals surface area contributed by atoms with Crippen molar-refractivity contribution in [1.82, 2.24) is 9.88 Å². The lowest BCUT2D eigenvalue weighted by Gasteiger charge is -2.13. The van der Waals surface area contributed by atoms with Gasteiger partial charge in [0.1, 0.15) is 0 Å². The van der Waals surface area contributed by atoms with E-state index in [0.717, 1.165) is 18.5 Å². The average molecular weight is 295 g/mol. The molecule has 2 aromatic heterocycles. The van der Waals surface area contributed by atoms with Crippen molar-refractivity contribution in [2.24, 2.45) is 0 Å². The summed E-state index contributed by atoms with van der Waals surface area (Å²) >= 11 is 1.79. The van der Waals surface area contributed by atoms with E-state index in [-0.39, 0.29) is 0 Å². The average Bonchev–Trinajstić information content (AvgIpc) is 3.16. The molecule has 1 atom stereocenters. The Morgan fingerprint density at radius 1 is 1.33 bits per heavy atom. The third-order valence-electron chi connectivity index (χ3n) is 3.67. The number of rotatable bonds is 5. The summed E-state index contributed by atoms with van der Waals surface area (Å²) in [5.41, 5.74) is 1.89. The summed E-state index contributed by atoms with van der Waals surface area (Å²) in [5, 5.41) is 15.7. The van der Waals surface area contributed by atoms with Gasteiger partial charge in [0.15, 0.2) is 0 Å². The van der Waals surface area contributed by atoms with Crippen LogP contribution in [0.15, 0.2) is 48.0 Å². The molecule has 3 nitrogen and oxygen atoms in total. The summed E-state index contributed by atoms with van der Waals surface area (Å²) in [7, 11) is 0. The molecule has 0 spiro atoms. The van der Waals surface area contributed by atoms with Crippen LogP contribution in [0, 0.1) is 11.3 Å². The van der Waals surface area contributed by atoms with Gasteiger partial charge < -0.3 is 9.88 Å². The van der Waals surface area contributed by atoms with E-state index in [9.17, 15) is 0 Å². The van der Waals surface area contributed by atoms with Gasteiger partial charge in [-0.25, -0.2) is 0 Å². The molecule has 0 amide bonds. The molecule has 3 aromatic rings. The molecule has 2 heterocycles. The van der Waals surface area contributed by atoms with E-state index in [0.29, 0.717) is 11.6 Å². The standard InChI is InChI=1S/C17H17N3S/c1-13(17-3-2-10-21-17)19-7-9-20-8-6-15-11-14(12-18)4-5-16(15)20/h2-6,8,10-11,13,19H,7,9H2,1H3. The molecule has 21 heavy (non-hydrogen) atoms. The van der Waals surface area contributed by atoms with Crippen molar-refractivity contribution in [3.05, 3.63) is 58.4 Å². The van der Waals surface area contributed by atoms with E-state index < -0.39 is 0 Å². The number of hydrogen-bond acceptors (Lipinski definition) is 3. The lowest BCUT2D eigenvalue weighted by Crippen LogP contribution is -2.22. The van der Waals surface area contributed by atoms with Gasteiger partial charge in [0, 0.05) is 41.1 Å². The molecule has 0 aliphatic carbocycles.